The van der Waals surface area contributed by atoms with Gasteiger partial charge in [-0.1, -0.05) is 268 Å². The topological polar surface area (TPSA) is 237 Å². The number of rotatable bonds is 70. The molecule has 19 heteroatoms. The number of ether oxygens (including phenoxy) is 4. The molecule has 3 N–H and O–H groups in total. The second kappa shape index (κ2) is 73.7. The van der Waals surface area contributed by atoms with Gasteiger partial charge in [-0.05, 0) is 148 Å². The zero-order valence-corrected chi connectivity index (χ0v) is 64.8. The van der Waals surface area contributed by atoms with Crippen molar-refractivity contribution in [3.8, 4) is 0 Å². The van der Waals surface area contributed by atoms with Crippen molar-refractivity contribution in [1.82, 2.24) is 0 Å². The van der Waals surface area contributed by atoms with Crippen molar-refractivity contribution in [1.29, 1.82) is 0 Å². The number of phosphoric ester groups is 2. The number of phosphoric acid groups is 2. The molecular weight excluding hydrogens is 1330 g/mol. The van der Waals surface area contributed by atoms with Crippen molar-refractivity contribution in [3.63, 3.8) is 0 Å². The van der Waals surface area contributed by atoms with E-state index >= 15 is 0 Å². The first-order chi connectivity index (χ1) is 49.7. The summed E-state index contributed by atoms with van der Waals surface area (Å²) in [4.78, 5) is 72.8. The van der Waals surface area contributed by atoms with Crippen molar-refractivity contribution in [2.45, 2.75) is 290 Å². The Morgan fingerprint density at radius 1 is 0.294 bits per heavy atom. The quantitative estimate of drug-likeness (QED) is 0.0169. The van der Waals surface area contributed by atoms with Gasteiger partial charge in [0.1, 0.15) is 19.3 Å². The van der Waals surface area contributed by atoms with Crippen LogP contribution >= 0.6 is 15.6 Å². The molecule has 0 rings (SSSR count). The lowest BCUT2D eigenvalue weighted by Gasteiger charge is -2.21. The highest BCUT2D eigenvalue weighted by Gasteiger charge is 2.30. The lowest BCUT2D eigenvalue weighted by atomic mass is 10.1. The van der Waals surface area contributed by atoms with E-state index in [-0.39, 0.29) is 25.7 Å². The first-order valence-electron chi connectivity index (χ1n) is 38.4. The third-order valence-corrected chi connectivity index (χ3v) is 17.1. The lowest BCUT2D eigenvalue weighted by Crippen LogP contribution is -2.30. The lowest BCUT2D eigenvalue weighted by molar-refractivity contribution is -0.161. The molecule has 0 saturated carbocycles. The summed E-state index contributed by atoms with van der Waals surface area (Å²) in [5, 5.41) is 10.6. The highest BCUT2D eigenvalue weighted by atomic mass is 31.2. The highest BCUT2D eigenvalue weighted by molar-refractivity contribution is 7.47. The normalized spacial score (nSPS) is 14.9. The minimum atomic E-state index is -5.01. The molecule has 0 fully saturated rings. The molecule has 0 bridgehead atoms. The summed E-state index contributed by atoms with van der Waals surface area (Å²) in [7, 11) is -10.0. The predicted octanol–water partition coefficient (Wildman–Crippen LogP) is 22.2. The Labute approximate surface area is 616 Å². The summed E-state index contributed by atoms with van der Waals surface area (Å²) < 4.78 is 68.3. The van der Waals surface area contributed by atoms with Gasteiger partial charge in [0.2, 0.25) is 0 Å². The SMILES string of the molecule is CC/C=C\C/C=C\C/C=C\C/C=C\C/C=C\CC(=O)OC(COC(=O)CCCCCCCC/C=C\C/C=C\C/C=C\C/C=C\CC)COP(=O)(O)OCC(O)COP(=O)(O)OCC(COC(=O)CCCCCC/C=C\C/C=C\C/C=C\C/C=C\CC)OC(=O)CCCCCCC/C=C\CCCC. The first-order valence-corrected chi connectivity index (χ1v) is 41.4. The second-order valence-corrected chi connectivity index (χ2v) is 27.7. The van der Waals surface area contributed by atoms with E-state index in [0.717, 1.165) is 180 Å². The van der Waals surface area contributed by atoms with Crippen LogP contribution in [0.4, 0.5) is 0 Å². The smallest absolute Gasteiger partial charge is 0.462 e. The summed E-state index contributed by atoms with van der Waals surface area (Å²) in [6, 6.07) is 0. The molecule has 17 nitrogen and oxygen atoms in total. The van der Waals surface area contributed by atoms with E-state index in [9.17, 15) is 43.2 Å². The summed E-state index contributed by atoms with van der Waals surface area (Å²) in [6.07, 6.45) is 86.7. The maximum absolute atomic E-state index is 13.1. The van der Waals surface area contributed by atoms with Crippen LogP contribution in [0.15, 0.2) is 170 Å². The van der Waals surface area contributed by atoms with Gasteiger partial charge in [-0.3, -0.25) is 37.3 Å². The van der Waals surface area contributed by atoms with E-state index in [4.69, 9.17) is 37.0 Å². The van der Waals surface area contributed by atoms with Crippen LogP contribution in [-0.4, -0.2) is 96.7 Å². The van der Waals surface area contributed by atoms with Gasteiger partial charge < -0.3 is 33.8 Å². The Morgan fingerprint density at radius 2 is 0.549 bits per heavy atom. The fourth-order valence-corrected chi connectivity index (χ4v) is 11.0. The maximum Gasteiger partial charge on any atom is 0.472 e. The van der Waals surface area contributed by atoms with Gasteiger partial charge in [0.25, 0.3) is 0 Å². The van der Waals surface area contributed by atoms with Crippen LogP contribution in [0.1, 0.15) is 272 Å². The number of carbonyl (C=O) groups is 4. The fourth-order valence-electron chi connectivity index (χ4n) is 9.43. The predicted molar refractivity (Wildman–Crippen MR) is 417 cm³/mol. The average molecular weight is 1470 g/mol. The molecule has 5 atom stereocenters. The Morgan fingerprint density at radius 3 is 0.882 bits per heavy atom. The summed E-state index contributed by atoms with van der Waals surface area (Å²) in [5.41, 5.74) is 0. The largest absolute Gasteiger partial charge is 0.472 e. The molecule has 5 unspecified atom stereocenters. The van der Waals surface area contributed by atoms with Gasteiger partial charge in [0.05, 0.1) is 32.8 Å². The van der Waals surface area contributed by atoms with Gasteiger partial charge in [0.15, 0.2) is 12.2 Å². The Hall–Kier alpha value is -5.58. The number of esters is 4. The summed E-state index contributed by atoms with van der Waals surface area (Å²) in [5.74, 6) is -2.39. The van der Waals surface area contributed by atoms with Gasteiger partial charge in [-0.25, -0.2) is 9.13 Å². The van der Waals surface area contributed by atoms with Crippen LogP contribution in [0, 0.1) is 0 Å². The zero-order chi connectivity index (χ0) is 74.6. The Bertz CT molecular complexity index is 2600. The van der Waals surface area contributed by atoms with E-state index in [0.29, 0.717) is 25.7 Å². The van der Waals surface area contributed by atoms with Gasteiger partial charge in [0, 0.05) is 19.3 Å². The number of aliphatic hydroxyl groups excluding tert-OH is 1. The molecule has 0 aromatic heterocycles. The highest BCUT2D eigenvalue weighted by Crippen LogP contribution is 2.45. The van der Waals surface area contributed by atoms with E-state index in [1.807, 2.05) is 12.2 Å². The van der Waals surface area contributed by atoms with Gasteiger partial charge in [-0.15, -0.1) is 0 Å². The molecular formula is C83H134O17P2. The van der Waals surface area contributed by atoms with Crippen LogP contribution < -0.4 is 0 Å². The molecule has 0 radical (unpaired) electrons. The number of carbonyl (C=O) groups excluding carboxylic acids is 4. The third kappa shape index (κ3) is 72.8. The number of hydrogen-bond donors (Lipinski definition) is 3. The molecule has 578 valence electrons. The number of aliphatic hydroxyl groups is 1. The third-order valence-electron chi connectivity index (χ3n) is 15.2. The van der Waals surface area contributed by atoms with E-state index in [1.54, 1.807) is 12.2 Å². The average Bonchev–Trinajstić information content (AvgIpc) is 0.936. The monoisotopic (exact) mass is 1460 g/mol. The maximum atomic E-state index is 13.1. The minimum Gasteiger partial charge on any atom is -0.462 e. The molecule has 0 aromatic carbocycles. The van der Waals surface area contributed by atoms with Crippen LogP contribution in [0.5, 0.6) is 0 Å². The van der Waals surface area contributed by atoms with E-state index in [1.165, 1.54) is 12.8 Å². The molecule has 0 heterocycles. The minimum absolute atomic E-state index is 0.0705. The van der Waals surface area contributed by atoms with Crippen LogP contribution in [0.2, 0.25) is 0 Å². The molecule has 0 amide bonds. The van der Waals surface area contributed by atoms with E-state index < -0.39 is 97.5 Å². The van der Waals surface area contributed by atoms with E-state index in [2.05, 4.69) is 174 Å². The molecule has 102 heavy (non-hydrogen) atoms. The van der Waals surface area contributed by atoms with Crippen molar-refractivity contribution < 1.29 is 80.2 Å². The fraction of sp³-hybridized carbons (Fsp3) is 0.614. The summed E-state index contributed by atoms with van der Waals surface area (Å²) >= 11 is 0. The Balaban J connectivity index is 5.43. The molecule has 0 aromatic rings. The van der Waals surface area contributed by atoms with Crippen LogP contribution in [-0.2, 0) is 65.4 Å². The number of hydrogen-bond acceptors (Lipinski definition) is 15. The van der Waals surface area contributed by atoms with Crippen molar-refractivity contribution in [2.24, 2.45) is 0 Å². The second-order valence-electron chi connectivity index (χ2n) is 24.8. The van der Waals surface area contributed by atoms with Gasteiger partial charge in [-0.2, -0.15) is 0 Å². The van der Waals surface area contributed by atoms with Crippen molar-refractivity contribution >= 4 is 39.5 Å². The molecule has 0 aliphatic carbocycles. The molecule has 0 aliphatic heterocycles. The standard InChI is InChI=1S/C83H134O17P2/c1-5-9-13-17-21-25-29-32-35-37-38-40-43-45-49-52-56-60-64-68-81(86)94-74-79(100-83(88)70-66-62-58-54-50-46-41-34-31-27-23-19-15-11-7-3)76-98-102(91,92)96-72-77(84)71-95-101(89,90)97-75-78(99-82(87)69-65-61-57-53-47-28-24-20-16-12-8-4)73-93-80(85)67-63-59-55-51-48-44-42-39-36-33-30-26-22-18-14-10-6-2/h9-11,13-15,20-27,32-36,38,40-42,44,50,54,62,66,77-79,84H,5-8,12,16-19,28-31,37,39,43,45-49,51-53,55-61,63-65,67-76H2,1-4H3,(H,89,90)(H,91,92)/b13-9-,14-10-,15-11-,24-20-,25-21-,26-22-,27-23-,35-32-,36-33-,40-38-,41-34-,44-42-,54-50-,66-62-. The van der Waals surface area contributed by atoms with Crippen molar-refractivity contribution in [3.05, 3.63) is 170 Å². The van der Waals surface area contributed by atoms with Gasteiger partial charge >= 0.3 is 39.5 Å². The van der Waals surface area contributed by atoms with Crippen LogP contribution in [0.25, 0.3) is 0 Å². The Kier molecular flexibility index (Phi) is 69.7. The van der Waals surface area contributed by atoms with Crippen LogP contribution in [0.3, 0.4) is 0 Å². The summed E-state index contributed by atoms with van der Waals surface area (Å²) in [6.45, 7) is 4.29. The number of unbranched alkanes of at least 4 members (excludes halogenated alkanes) is 17. The zero-order valence-electron chi connectivity index (χ0n) is 63.0. The first kappa shape index (κ1) is 96.4. The van der Waals surface area contributed by atoms with Crippen molar-refractivity contribution in [2.75, 3.05) is 39.6 Å². The molecule has 0 spiro atoms. The number of allylic oxidation sites excluding steroid dienone is 27. The molecule has 0 aliphatic rings. The molecule has 0 saturated heterocycles.